The summed E-state index contributed by atoms with van der Waals surface area (Å²) in [5.74, 6) is 1.85. The van der Waals surface area contributed by atoms with Gasteiger partial charge in [0.2, 0.25) is 0 Å². The zero-order valence-electron chi connectivity index (χ0n) is 15.7. The molecule has 7 nitrogen and oxygen atoms in total. The van der Waals surface area contributed by atoms with Gasteiger partial charge in [-0.1, -0.05) is 23.4 Å². The van der Waals surface area contributed by atoms with Crippen molar-refractivity contribution < 1.29 is 9.26 Å². The second-order valence-corrected chi connectivity index (χ2v) is 6.15. The number of para-hydroxylation sites is 1. The summed E-state index contributed by atoms with van der Waals surface area (Å²) in [7, 11) is 0. The number of hydrogen-bond acceptors (Lipinski definition) is 5. The number of rotatable bonds is 7. The van der Waals surface area contributed by atoms with Gasteiger partial charge in [-0.05, 0) is 19.1 Å². The summed E-state index contributed by atoms with van der Waals surface area (Å²) in [6.45, 7) is 8.86. The predicted molar refractivity (Wildman–Crippen MR) is 117 cm³/mol. The smallest absolute Gasteiger partial charge is 0.194 e. The van der Waals surface area contributed by atoms with Gasteiger partial charge in [0, 0.05) is 45.3 Å². The van der Waals surface area contributed by atoms with Crippen LogP contribution in [0.3, 0.4) is 0 Å². The molecule has 148 valence electrons. The molecule has 0 unspecified atom stereocenters. The summed E-state index contributed by atoms with van der Waals surface area (Å²) in [6.07, 6.45) is 1.62. The number of halogens is 1. The monoisotopic (exact) mass is 485 g/mol. The van der Waals surface area contributed by atoms with Gasteiger partial charge in [0.25, 0.3) is 0 Å². The van der Waals surface area contributed by atoms with Crippen molar-refractivity contribution in [2.75, 3.05) is 45.9 Å². The normalized spacial score (nSPS) is 15.3. The lowest BCUT2D eigenvalue weighted by atomic mass is 10.3. The molecule has 0 atom stereocenters. The van der Waals surface area contributed by atoms with Crippen LogP contribution in [-0.2, 0) is 6.54 Å². The van der Waals surface area contributed by atoms with Crippen molar-refractivity contribution in [2.24, 2.45) is 4.99 Å². The minimum absolute atomic E-state index is 0. The Labute approximate surface area is 177 Å². The van der Waals surface area contributed by atoms with Crippen LogP contribution in [0.2, 0.25) is 0 Å². The summed E-state index contributed by atoms with van der Waals surface area (Å²) in [4.78, 5) is 9.41. The molecule has 0 bridgehead atoms. The quantitative estimate of drug-likeness (QED) is 0.282. The van der Waals surface area contributed by atoms with E-state index in [9.17, 15) is 0 Å². The van der Waals surface area contributed by atoms with Crippen LogP contribution >= 0.6 is 24.0 Å². The van der Waals surface area contributed by atoms with Crippen LogP contribution in [0.25, 0.3) is 0 Å². The highest BCUT2D eigenvalue weighted by molar-refractivity contribution is 14.0. The molecular formula is C19H28IN5O2. The highest BCUT2D eigenvalue weighted by atomic mass is 127. The Hall–Kier alpha value is -1.81. The van der Waals surface area contributed by atoms with E-state index in [1.54, 1.807) is 6.26 Å². The summed E-state index contributed by atoms with van der Waals surface area (Å²) < 4.78 is 10.6. The number of piperazine rings is 1. The first-order valence-electron chi connectivity index (χ1n) is 9.18. The molecule has 1 aliphatic rings. The second kappa shape index (κ2) is 11.8. The Balaban J connectivity index is 0.00000261. The van der Waals surface area contributed by atoms with Crippen LogP contribution in [0.15, 0.2) is 52.2 Å². The van der Waals surface area contributed by atoms with E-state index in [-0.39, 0.29) is 24.0 Å². The van der Waals surface area contributed by atoms with E-state index in [1.807, 2.05) is 36.4 Å². The molecule has 1 aliphatic heterocycles. The van der Waals surface area contributed by atoms with Gasteiger partial charge in [0.15, 0.2) is 5.96 Å². The maximum Gasteiger partial charge on any atom is 0.194 e. The minimum atomic E-state index is 0. The molecule has 2 aromatic rings. The van der Waals surface area contributed by atoms with E-state index in [0.717, 1.165) is 56.7 Å². The Morgan fingerprint density at radius 2 is 1.96 bits per heavy atom. The predicted octanol–water partition coefficient (Wildman–Crippen LogP) is 2.45. The SMILES string of the molecule is CCNC(=NCCOc1ccccc1)N1CCN(Cc2ccon2)CC1.I. The lowest BCUT2D eigenvalue weighted by Gasteiger charge is -2.36. The third kappa shape index (κ3) is 7.02. The van der Waals surface area contributed by atoms with Gasteiger partial charge in [0.1, 0.15) is 18.6 Å². The molecule has 27 heavy (non-hydrogen) atoms. The molecule has 0 radical (unpaired) electrons. The number of aromatic nitrogens is 1. The van der Waals surface area contributed by atoms with Gasteiger partial charge in [0.05, 0.1) is 12.2 Å². The van der Waals surface area contributed by atoms with E-state index in [1.165, 1.54) is 0 Å². The lowest BCUT2D eigenvalue weighted by Crippen LogP contribution is -2.52. The van der Waals surface area contributed by atoms with Gasteiger partial charge in [-0.2, -0.15) is 0 Å². The molecule has 1 fully saturated rings. The van der Waals surface area contributed by atoms with E-state index >= 15 is 0 Å². The number of hydrogen-bond donors (Lipinski definition) is 1. The molecule has 0 spiro atoms. The van der Waals surface area contributed by atoms with Crippen molar-refractivity contribution in [3.8, 4) is 5.75 Å². The fourth-order valence-corrected chi connectivity index (χ4v) is 2.92. The second-order valence-electron chi connectivity index (χ2n) is 6.15. The Bertz CT molecular complexity index is 658. The molecule has 1 aromatic carbocycles. The third-order valence-corrected chi connectivity index (χ3v) is 4.25. The maximum atomic E-state index is 5.72. The van der Waals surface area contributed by atoms with Crippen molar-refractivity contribution in [3.05, 3.63) is 48.4 Å². The largest absolute Gasteiger partial charge is 0.492 e. The summed E-state index contributed by atoms with van der Waals surface area (Å²) in [5, 5.41) is 7.37. The van der Waals surface area contributed by atoms with Crippen LogP contribution in [-0.4, -0.2) is 66.8 Å². The van der Waals surface area contributed by atoms with Gasteiger partial charge in [-0.3, -0.25) is 4.90 Å². The molecular weight excluding hydrogens is 457 g/mol. The van der Waals surface area contributed by atoms with Gasteiger partial charge >= 0.3 is 0 Å². The number of nitrogens with zero attached hydrogens (tertiary/aromatic N) is 4. The van der Waals surface area contributed by atoms with Crippen molar-refractivity contribution in [1.29, 1.82) is 0 Å². The van der Waals surface area contributed by atoms with Crippen LogP contribution in [0, 0.1) is 0 Å². The molecule has 1 aromatic heterocycles. The number of benzene rings is 1. The van der Waals surface area contributed by atoms with Crippen molar-refractivity contribution >= 4 is 29.9 Å². The van der Waals surface area contributed by atoms with Gasteiger partial charge in [-0.15, -0.1) is 24.0 Å². The van der Waals surface area contributed by atoms with Crippen LogP contribution in [0.5, 0.6) is 5.75 Å². The molecule has 3 rings (SSSR count). The van der Waals surface area contributed by atoms with Crippen LogP contribution < -0.4 is 10.1 Å². The Kier molecular flexibility index (Phi) is 9.40. The van der Waals surface area contributed by atoms with E-state index in [2.05, 4.69) is 27.2 Å². The summed E-state index contributed by atoms with van der Waals surface area (Å²) >= 11 is 0. The van der Waals surface area contributed by atoms with Crippen molar-refractivity contribution in [1.82, 2.24) is 20.3 Å². The van der Waals surface area contributed by atoms with Gasteiger partial charge in [-0.25, -0.2) is 4.99 Å². The van der Waals surface area contributed by atoms with Crippen molar-refractivity contribution in [3.63, 3.8) is 0 Å². The number of nitrogens with one attached hydrogen (secondary N) is 1. The standard InChI is InChI=1S/C19H27N5O2.HI/c1-2-20-19(21-9-15-25-18-6-4-3-5-7-18)24-12-10-23(11-13-24)16-17-8-14-26-22-17;/h3-8,14H,2,9-13,15-16H2,1H3,(H,20,21);1H. The van der Waals surface area contributed by atoms with E-state index < -0.39 is 0 Å². The number of guanidine groups is 1. The first kappa shape index (κ1) is 21.5. The summed E-state index contributed by atoms with van der Waals surface area (Å²) in [6, 6.07) is 11.8. The number of aliphatic imine (C=N–C) groups is 1. The average molecular weight is 485 g/mol. The average Bonchev–Trinajstić information content (AvgIpc) is 3.19. The molecule has 8 heteroatoms. The molecule has 0 aliphatic carbocycles. The maximum absolute atomic E-state index is 5.72. The first-order valence-corrected chi connectivity index (χ1v) is 9.18. The van der Waals surface area contributed by atoms with Crippen molar-refractivity contribution in [2.45, 2.75) is 13.5 Å². The van der Waals surface area contributed by atoms with Crippen LogP contribution in [0.4, 0.5) is 0 Å². The Morgan fingerprint density at radius 3 is 2.63 bits per heavy atom. The molecule has 0 amide bonds. The fourth-order valence-electron chi connectivity index (χ4n) is 2.92. The van der Waals surface area contributed by atoms with E-state index in [4.69, 9.17) is 14.3 Å². The fraction of sp³-hybridized carbons (Fsp3) is 0.474. The minimum Gasteiger partial charge on any atom is -0.492 e. The summed E-state index contributed by atoms with van der Waals surface area (Å²) in [5.41, 5.74) is 0.983. The zero-order chi connectivity index (χ0) is 18.0. The Morgan fingerprint density at radius 1 is 1.19 bits per heavy atom. The molecule has 1 N–H and O–H groups in total. The molecule has 0 saturated carbocycles. The number of ether oxygens (including phenoxy) is 1. The lowest BCUT2D eigenvalue weighted by molar-refractivity contribution is 0.169. The topological polar surface area (TPSA) is 66.1 Å². The van der Waals surface area contributed by atoms with E-state index in [0.29, 0.717) is 13.2 Å². The van der Waals surface area contributed by atoms with Gasteiger partial charge < -0.3 is 19.5 Å². The molecule has 1 saturated heterocycles. The first-order chi connectivity index (χ1) is 12.8. The third-order valence-electron chi connectivity index (χ3n) is 4.25. The highest BCUT2D eigenvalue weighted by Gasteiger charge is 2.20. The molecule has 2 heterocycles. The zero-order valence-corrected chi connectivity index (χ0v) is 18.0. The highest BCUT2D eigenvalue weighted by Crippen LogP contribution is 2.09. The van der Waals surface area contributed by atoms with Crippen LogP contribution in [0.1, 0.15) is 12.6 Å².